The van der Waals surface area contributed by atoms with Crippen molar-refractivity contribution in [3.63, 3.8) is 0 Å². The number of rotatable bonds is 4. The number of aryl methyl sites for hydroxylation is 1. The molecule has 1 amide bonds. The van der Waals surface area contributed by atoms with Crippen LogP contribution >= 0.6 is 0 Å². The van der Waals surface area contributed by atoms with Crippen molar-refractivity contribution in [2.45, 2.75) is 51.2 Å². The normalized spacial score (nSPS) is 15.3. The predicted octanol–water partition coefficient (Wildman–Crippen LogP) is 6.04. The Morgan fingerprint density at radius 1 is 1.04 bits per heavy atom. The molecule has 1 fully saturated rings. The van der Waals surface area contributed by atoms with Gasteiger partial charge in [-0.05, 0) is 50.1 Å². The summed E-state index contributed by atoms with van der Waals surface area (Å²) in [5.74, 6) is -0.419. The van der Waals surface area contributed by atoms with E-state index in [4.69, 9.17) is 0 Å². The second kappa shape index (κ2) is 8.25. The SMILES string of the molecule is Cc1ccc(C(=O)Nc2cc(C(F)(F)F)ccc2N(C)C2CCCCC2)cc1. The predicted molar refractivity (Wildman–Crippen MR) is 106 cm³/mol. The van der Waals surface area contributed by atoms with E-state index in [2.05, 4.69) is 5.32 Å². The molecule has 0 spiro atoms. The van der Waals surface area contributed by atoms with Crippen molar-refractivity contribution >= 4 is 17.3 Å². The fourth-order valence-corrected chi connectivity index (χ4v) is 3.68. The molecular formula is C22H25F3N2O. The second-order valence-electron chi connectivity index (χ2n) is 7.45. The number of benzene rings is 2. The molecule has 0 aromatic heterocycles. The average Bonchev–Trinajstić information content (AvgIpc) is 2.68. The number of hydrogen-bond acceptors (Lipinski definition) is 2. The average molecular weight is 390 g/mol. The molecule has 0 saturated heterocycles. The lowest BCUT2D eigenvalue weighted by Gasteiger charge is -2.34. The first-order valence-electron chi connectivity index (χ1n) is 9.58. The topological polar surface area (TPSA) is 32.3 Å². The van der Waals surface area contributed by atoms with Crippen LogP contribution in [0.4, 0.5) is 24.5 Å². The minimum Gasteiger partial charge on any atom is -0.370 e. The molecule has 0 bridgehead atoms. The zero-order valence-electron chi connectivity index (χ0n) is 16.1. The summed E-state index contributed by atoms with van der Waals surface area (Å²) in [6, 6.07) is 10.8. The van der Waals surface area contributed by atoms with E-state index in [1.54, 1.807) is 24.3 Å². The Hall–Kier alpha value is -2.50. The Bertz CT molecular complexity index is 825. The molecule has 0 radical (unpaired) electrons. The molecule has 1 N–H and O–H groups in total. The molecule has 0 heterocycles. The van der Waals surface area contributed by atoms with Gasteiger partial charge in [0.1, 0.15) is 0 Å². The molecule has 1 aliphatic carbocycles. The van der Waals surface area contributed by atoms with Gasteiger partial charge >= 0.3 is 6.18 Å². The van der Waals surface area contributed by atoms with Gasteiger partial charge in [-0.15, -0.1) is 0 Å². The lowest BCUT2D eigenvalue weighted by molar-refractivity contribution is -0.137. The number of anilines is 2. The van der Waals surface area contributed by atoms with Crippen molar-refractivity contribution in [1.82, 2.24) is 0 Å². The molecule has 6 heteroatoms. The summed E-state index contributed by atoms with van der Waals surface area (Å²) in [6.45, 7) is 1.91. The van der Waals surface area contributed by atoms with Crippen LogP contribution in [0.2, 0.25) is 0 Å². The quantitative estimate of drug-likeness (QED) is 0.691. The number of hydrogen-bond donors (Lipinski definition) is 1. The maximum atomic E-state index is 13.2. The minimum atomic E-state index is -4.47. The lowest BCUT2D eigenvalue weighted by atomic mass is 9.94. The van der Waals surface area contributed by atoms with Crippen LogP contribution in [-0.2, 0) is 6.18 Å². The minimum absolute atomic E-state index is 0.188. The van der Waals surface area contributed by atoms with Crippen LogP contribution in [-0.4, -0.2) is 19.0 Å². The van der Waals surface area contributed by atoms with Gasteiger partial charge in [0.2, 0.25) is 0 Å². The number of nitrogens with one attached hydrogen (secondary N) is 1. The van der Waals surface area contributed by atoms with E-state index in [-0.39, 0.29) is 11.7 Å². The highest BCUT2D eigenvalue weighted by atomic mass is 19.4. The van der Waals surface area contributed by atoms with E-state index in [0.717, 1.165) is 43.4 Å². The highest BCUT2D eigenvalue weighted by molar-refractivity contribution is 6.06. The van der Waals surface area contributed by atoms with Gasteiger partial charge in [-0.2, -0.15) is 13.2 Å². The largest absolute Gasteiger partial charge is 0.416 e. The Morgan fingerprint density at radius 2 is 1.68 bits per heavy atom. The summed E-state index contributed by atoms with van der Waals surface area (Å²) in [6.07, 6.45) is 0.951. The van der Waals surface area contributed by atoms with Crippen LogP contribution < -0.4 is 10.2 Å². The molecule has 3 rings (SSSR count). The number of carbonyl (C=O) groups excluding carboxylic acids is 1. The van der Waals surface area contributed by atoms with Gasteiger partial charge in [0, 0.05) is 18.7 Å². The van der Waals surface area contributed by atoms with Crippen LogP contribution in [0.5, 0.6) is 0 Å². The van der Waals surface area contributed by atoms with Gasteiger partial charge in [0.15, 0.2) is 0 Å². The molecule has 0 atom stereocenters. The zero-order valence-corrected chi connectivity index (χ0v) is 16.1. The van der Waals surface area contributed by atoms with E-state index in [0.29, 0.717) is 11.3 Å². The number of carbonyl (C=O) groups is 1. The van der Waals surface area contributed by atoms with Gasteiger partial charge in [-0.1, -0.05) is 37.0 Å². The van der Waals surface area contributed by atoms with E-state index in [1.807, 2.05) is 18.9 Å². The van der Waals surface area contributed by atoms with Crippen LogP contribution in [0.1, 0.15) is 53.6 Å². The third-order valence-corrected chi connectivity index (χ3v) is 5.39. The van der Waals surface area contributed by atoms with Crippen molar-refractivity contribution in [2.75, 3.05) is 17.3 Å². The molecule has 150 valence electrons. The molecule has 3 nitrogen and oxygen atoms in total. The number of nitrogens with zero attached hydrogens (tertiary/aromatic N) is 1. The third-order valence-electron chi connectivity index (χ3n) is 5.39. The van der Waals surface area contributed by atoms with Crippen LogP contribution in [0, 0.1) is 6.92 Å². The first-order chi connectivity index (χ1) is 13.3. The van der Waals surface area contributed by atoms with Crippen LogP contribution in [0.15, 0.2) is 42.5 Å². The Kier molecular flexibility index (Phi) is 5.96. The van der Waals surface area contributed by atoms with Crippen molar-refractivity contribution in [2.24, 2.45) is 0 Å². The second-order valence-corrected chi connectivity index (χ2v) is 7.45. The fraction of sp³-hybridized carbons (Fsp3) is 0.409. The molecule has 1 aliphatic rings. The zero-order chi connectivity index (χ0) is 20.3. The summed E-state index contributed by atoms with van der Waals surface area (Å²) in [5.41, 5.74) is 1.45. The van der Waals surface area contributed by atoms with Gasteiger partial charge in [0.25, 0.3) is 5.91 Å². The Morgan fingerprint density at radius 3 is 2.29 bits per heavy atom. The summed E-state index contributed by atoms with van der Waals surface area (Å²) < 4.78 is 39.7. The lowest BCUT2D eigenvalue weighted by Crippen LogP contribution is -2.34. The van der Waals surface area contributed by atoms with E-state index in [9.17, 15) is 18.0 Å². The van der Waals surface area contributed by atoms with E-state index >= 15 is 0 Å². The number of halogens is 3. The number of amides is 1. The molecule has 0 unspecified atom stereocenters. The molecule has 2 aromatic rings. The molecule has 28 heavy (non-hydrogen) atoms. The van der Waals surface area contributed by atoms with E-state index in [1.165, 1.54) is 12.5 Å². The summed E-state index contributed by atoms with van der Waals surface area (Å²) in [5, 5.41) is 2.70. The first-order valence-corrected chi connectivity index (χ1v) is 9.58. The number of alkyl halides is 3. The summed E-state index contributed by atoms with van der Waals surface area (Å²) in [7, 11) is 1.89. The van der Waals surface area contributed by atoms with Gasteiger partial charge in [-0.3, -0.25) is 4.79 Å². The van der Waals surface area contributed by atoms with Crippen molar-refractivity contribution in [3.05, 3.63) is 59.2 Å². The highest BCUT2D eigenvalue weighted by Gasteiger charge is 2.32. The third kappa shape index (κ3) is 4.66. The van der Waals surface area contributed by atoms with Crippen molar-refractivity contribution in [3.8, 4) is 0 Å². The smallest absolute Gasteiger partial charge is 0.370 e. The highest BCUT2D eigenvalue weighted by Crippen LogP contribution is 2.37. The van der Waals surface area contributed by atoms with E-state index < -0.39 is 17.6 Å². The van der Waals surface area contributed by atoms with Crippen molar-refractivity contribution in [1.29, 1.82) is 0 Å². The Labute approximate surface area is 163 Å². The first kappa shape index (κ1) is 20.2. The maximum absolute atomic E-state index is 13.2. The molecule has 2 aromatic carbocycles. The van der Waals surface area contributed by atoms with Gasteiger partial charge in [0.05, 0.1) is 16.9 Å². The fourth-order valence-electron chi connectivity index (χ4n) is 3.68. The molecule has 0 aliphatic heterocycles. The van der Waals surface area contributed by atoms with Crippen LogP contribution in [0.3, 0.4) is 0 Å². The van der Waals surface area contributed by atoms with Crippen molar-refractivity contribution < 1.29 is 18.0 Å². The standard InChI is InChI=1S/C22H25F3N2O/c1-15-8-10-16(11-9-15)21(28)26-19-14-17(22(23,24)25)12-13-20(19)27(2)18-6-4-3-5-7-18/h8-14,18H,3-7H2,1-2H3,(H,26,28). The van der Waals surface area contributed by atoms with Gasteiger partial charge in [-0.25, -0.2) is 0 Å². The summed E-state index contributed by atoms with van der Waals surface area (Å²) >= 11 is 0. The summed E-state index contributed by atoms with van der Waals surface area (Å²) in [4.78, 5) is 14.6. The monoisotopic (exact) mass is 390 g/mol. The maximum Gasteiger partial charge on any atom is 0.416 e. The molecular weight excluding hydrogens is 365 g/mol. The Balaban J connectivity index is 1.93. The molecule has 1 saturated carbocycles. The van der Waals surface area contributed by atoms with Crippen LogP contribution in [0.25, 0.3) is 0 Å². The van der Waals surface area contributed by atoms with Gasteiger partial charge < -0.3 is 10.2 Å².